The average molecular weight is 302 g/mol. The highest BCUT2D eigenvalue weighted by Gasteiger charge is 2.33. The van der Waals surface area contributed by atoms with Crippen LogP contribution in [0.25, 0.3) is 0 Å². The highest BCUT2D eigenvalue weighted by Crippen LogP contribution is 2.23. The van der Waals surface area contributed by atoms with Gasteiger partial charge in [-0.15, -0.1) is 0 Å². The molecule has 114 valence electrons. The van der Waals surface area contributed by atoms with Crippen LogP contribution in [0.15, 0.2) is 12.1 Å². The predicted molar refractivity (Wildman–Crippen MR) is 65.7 cm³/mol. The molecule has 0 radical (unpaired) electrons. The van der Waals surface area contributed by atoms with E-state index in [1.54, 1.807) is 0 Å². The molecule has 0 saturated carbocycles. The first-order valence-electron chi connectivity index (χ1n) is 6.04. The van der Waals surface area contributed by atoms with Crippen molar-refractivity contribution in [2.24, 2.45) is 0 Å². The third kappa shape index (κ3) is 3.31. The molecule has 1 saturated heterocycles. The van der Waals surface area contributed by atoms with Crippen LogP contribution in [0.1, 0.15) is 16.8 Å². The molecule has 1 amide bonds. The third-order valence-corrected chi connectivity index (χ3v) is 3.14. The normalized spacial score (nSPS) is 21.3. The van der Waals surface area contributed by atoms with Gasteiger partial charge in [-0.1, -0.05) is 0 Å². The lowest BCUT2D eigenvalue weighted by Gasteiger charge is -2.20. The van der Waals surface area contributed by atoms with Gasteiger partial charge < -0.3 is 15.2 Å². The molecule has 1 aromatic carbocycles. The summed E-state index contributed by atoms with van der Waals surface area (Å²) >= 11 is 0. The second kappa shape index (κ2) is 5.70. The number of nitro groups is 1. The van der Waals surface area contributed by atoms with Crippen molar-refractivity contribution in [2.45, 2.75) is 12.0 Å². The van der Waals surface area contributed by atoms with Gasteiger partial charge in [-0.25, -0.2) is 8.78 Å². The van der Waals surface area contributed by atoms with Crippen LogP contribution in [0.4, 0.5) is 14.5 Å². The van der Waals surface area contributed by atoms with Gasteiger partial charge in [0.05, 0.1) is 17.6 Å². The first-order chi connectivity index (χ1) is 9.82. The van der Waals surface area contributed by atoms with Crippen LogP contribution in [-0.4, -0.2) is 41.3 Å². The van der Waals surface area contributed by atoms with Gasteiger partial charge in [-0.05, 0) is 6.07 Å². The highest BCUT2D eigenvalue weighted by atomic mass is 19.2. The number of rotatable bonds is 4. The third-order valence-electron chi connectivity index (χ3n) is 3.14. The average Bonchev–Trinajstić information content (AvgIpc) is 2.86. The molecule has 2 rings (SSSR count). The number of halogens is 2. The quantitative estimate of drug-likeness (QED) is 0.631. The lowest BCUT2D eigenvalue weighted by molar-refractivity contribution is -0.385. The summed E-state index contributed by atoms with van der Waals surface area (Å²) in [6.45, 7) is 0.146. The molecule has 1 fully saturated rings. The van der Waals surface area contributed by atoms with Crippen molar-refractivity contribution in [3.8, 4) is 0 Å². The van der Waals surface area contributed by atoms with Gasteiger partial charge in [-0.3, -0.25) is 14.9 Å². The van der Waals surface area contributed by atoms with Gasteiger partial charge >= 0.3 is 0 Å². The van der Waals surface area contributed by atoms with E-state index in [0.717, 1.165) is 0 Å². The molecule has 1 unspecified atom stereocenters. The number of nitro benzene ring substituents is 1. The van der Waals surface area contributed by atoms with E-state index in [9.17, 15) is 28.8 Å². The SMILES string of the molecule is O=C(NCC1(O)CCOC1)c1cc(F)c(F)cc1[N+](=O)[O-]. The maximum absolute atomic E-state index is 13.2. The van der Waals surface area contributed by atoms with Gasteiger partial charge in [0.25, 0.3) is 11.6 Å². The Bertz CT molecular complexity index is 587. The van der Waals surface area contributed by atoms with E-state index in [0.29, 0.717) is 25.2 Å². The minimum Gasteiger partial charge on any atom is -0.386 e. The van der Waals surface area contributed by atoms with Crippen LogP contribution < -0.4 is 5.32 Å². The molecule has 21 heavy (non-hydrogen) atoms. The van der Waals surface area contributed by atoms with Crippen molar-refractivity contribution in [1.29, 1.82) is 0 Å². The lowest BCUT2D eigenvalue weighted by Crippen LogP contribution is -2.43. The fourth-order valence-corrected chi connectivity index (χ4v) is 1.95. The second-order valence-corrected chi connectivity index (χ2v) is 4.75. The van der Waals surface area contributed by atoms with Crippen molar-refractivity contribution in [2.75, 3.05) is 19.8 Å². The van der Waals surface area contributed by atoms with Gasteiger partial charge in [0.2, 0.25) is 0 Å². The Hall–Kier alpha value is -2.13. The second-order valence-electron chi connectivity index (χ2n) is 4.75. The number of amides is 1. The van der Waals surface area contributed by atoms with Crippen molar-refractivity contribution in [3.63, 3.8) is 0 Å². The number of carbonyl (C=O) groups is 1. The Labute approximate surface area is 117 Å². The largest absolute Gasteiger partial charge is 0.386 e. The molecular weight excluding hydrogens is 290 g/mol. The number of hydrogen-bond acceptors (Lipinski definition) is 5. The summed E-state index contributed by atoms with van der Waals surface area (Å²) in [5.74, 6) is -3.75. The van der Waals surface area contributed by atoms with E-state index in [4.69, 9.17) is 4.74 Å². The molecule has 1 aliphatic rings. The van der Waals surface area contributed by atoms with Crippen molar-refractivity contribution in [3.05, 3.63) is 39.4 Å². The molecule has 1 aliphatic heterocycles. The van der Waals surface area contributed by atoms with E-state index >= 15 is 0 Å². The fraction of sp³-hybridized carbons (Fsp3) is 0.417. The zero-order chi connectivity index (χ0) is 15.6. The number of aliphatic hydroxyl groups is 1. The number of nitrogens with one attached hydrogen (secondary N) is 1. The van der Waals surface area contributed by atoms with E-state index in [1.165, 1.54) is 0 Å². The van der Waals surface area contributed by atoms with Gasteiger partial charge in [0.15, 0.2) is 11.6 Å². The van der Waals surface area contributed by atoms with Gasteiger partial charge in [0, 0.05) is 19.6 Å². The molecule has 0 aromatic heterocycles. The first kappa shape index (κ1) is 15.3. The Morgan fingerprint density at radius 3 is 2.71 bits per heavy atom. The maximum atomic E-state index is 13.2. The summed E-state index contributed by atoms with van der Waals surface area (Å²) in [5, 5.41) is 23.0. The Kier molecular flexibility index (Phi) is 4.14. The Morgan fingerprint density at radius 2 is 2.14 bits per heavy atom. The van der Waals surface area contributed by atoms with Crippen molar-refractivity contribution < 1.29 is 28.3 Å². The molecule has 1 aromatic rings. The fourth-order valence-electron chi connectivity index (χ4n) is 1.95. The number of ether oxygens (including phenoxy) is 1. The van der Waals surface area contributed by atoms with Crippen molar-refractivity contribution >= 4 is 11.6 Å². The van der Waals surface area contributed by atoms with Crippen LogP contribution in [-0.2, 0) is 4.74 Å². The molecule has 7 nitrogen and oxygen atoms in total. The minimum atomic E-state index is -1.42. The summed E-state index contributed by atoms with van der Waals surface area (Å²) in [7, 11) is 0. The first-order valence-corrected chi connectivity index (χ1v) is 6.04. The Morgan fingerprint density at radius 1 is 1.48 bits per heavy atom. The van der Waals surface area contributed by atoms with E-state index in [-0.39, 0.29) is 13.2 Å². The molecular formula is C12H12F2N2O5. The van der Waals surface area contributed by atoms with Crippen LogP contribution >= 0.6 is 0 Å². The summed E-state index contributed by atoms with van der Waals surface area (Å²) < 4.78 is 31.1. The highest BCUT2D eigenvalue weighted by molar-refractivity contribution is 5.98. The number of benzene rings is 1. The summed E-state index contributed by atoms with van der Waals surface area (Å²) in [6.07, 6.45) is 0.299. The molecule has 2 N–H and O–H groups in total. The predicted octanol–water partition coefficient (Wildman–Crippen LogP) is 0.754. The molecule has 0 aliphatic carbocycles. The maximum Gasteiger partial charge on any atom is 0.285 e. The molecule has 0 spiro atoms. The molecule has 0 bridgehead atoms. The van der Waals surface area contributed by atoms with Gasteiger partial charge in [0.1, 0.15) is 11.2 Å². The van der Waals surface area contributed by atoms with Crippen LogP contribution in [0.2, 0.25) is 0 Å². The van der Waals surface area contributed by atoms with E-state index < -0.39 is 39.3 Å². The molecule has 9 heteroatoms. The van der Waals surface area contributed by atoms with E-state index in [2.05, 4.69) is 5.32 Å². The standard InChI is InChI=1S/C12H12F2N2O5/c13-8-3-7(10(16(19)20)4-9(8)14)11(17)15-5-12(18)1-2-21-6-12/h3-4,18H,1-2,5-6H2,(H,15,17). The van der Waals surface area contributed by atoms with E-state index in [1.807, 2.05) is 0 Å². The molecule has 1 atom stereocenters. The monoisotopic (exact) mass is 302 g/mol. The number of nitrogens with zero attached hydrogens (tertiary/aromatic N) is 1. The topological polar surface area (TPSA) is 102 Å². The van der Waals surface area contributed by atoms with Crippen LogP contribution in [0.5, 0.6) is 0 Å². The minimum absolute atomic E-state index is 0.0210. The summed E-state index contributed by atoms with van der Waals surface area (Å²) in [5.41, 5.74) is -2.72. The smallest absolute Gasteiger partial charge is 0.285 e. The number of carbonyl (C=O) groups excluding carboxylic acids is 1. The van der Waals surface area contributed by atoms with Crippen LogP contribution in [0.3, 0.4) is 0 Å². The number of hydrogen-bond donors (Lipinski definition) is 2. The van der Waals surface area contributed by atoms with Gasteiger partial charge in [-0.2, -0.15) is 0 Å². The summed E-state index contributed by atoms with van der Waals surface area (Å²) in [6, 6.07) is 0.801. The Balaban J connectivity index is 2.18. The van der Waals surface area contributed by atoms with Crippen LogP contribution in [0, 0.1) is 21.7 Å². The molecule has 1 heterocycles. The van der Waals surface area contributed by atoms with Crippen molar-refractivity contribution in [1.82, 2.24) is 5.32 Å². The zero-order valence-corrected chi connectivity index (χ0v) is 10.8. The summed E-state index contributed by atoms with van der Waals surface area (Å²) in [4.78, 5) is 21.7. The lowest BCUT2D eigenvalue weighted by atomic mass is 10.0. The zero-order valence-electron chi connectivity index (χ0n) is 10.8.